The van der Waals surface area contributed by atoms with Crippen LogP contribution in [0, 0.1) is 6.92 Å². The molecule has 1 atom stereocenters. The quantitative estimate of drug-likeness (QED) is 0.752. The Kier molecular flexibility index (Phi) is 4.79. The van der Waals surface area contributed by atoms with Crippen molar-refractivity contribution >= 4 is 11.1 Å². The summed E-state index contributed by atoms with van der Waals surface area (Å²) in [5.41, 5.74) is 6.38. The summed E-state index contributed by atoms with van der Waals surface area (Å²) in [6.45, 7) is 2.96. The van der Waals surface area contributed by atoms with Gasteiger partial charge in [-0.3, -0.25) is 4.18 Å². The Morgan fingerprint density at radius 3 is 2.93 bits per heavy atom. The molecule has 1 rings (SSSR count). The Morgan fingerprint density at radius 1 is 1.50 bits per heavy atom. The van der Waals surface area contributed by atoms with Gasteiger partial charge in [0, 0.05) is 0 Å². The molecule has 0 radical (unpaired) electrons. The van der Waals surface area contributed by atoms with Crippen LogP contribution in [0.15, 0.2) is 29.2 Å². The molecule has 0 aliphatic heterocycles. The summed E-state index contributed by atoms with van der Waals surface area (Å²) in [6, 6.07) is 7.49. The fourth-order valence-corrected chi connectivity index (χ4v) is 1.88. The molecular formula is C10H15NO2S. The number of benzene rings is 1. The third-order valence-electron chi connectivity index (χ3n) is 1.72. The zero-order valence-corrected chi connectivity index (χ0v) is 9.05. The summed E-state index contributed by atoms with van der Waals surface area (Å²) in [6.07, 6.45) is 0.734. The van der Waals surface area contributed by atoms with Crippen molar-refractivity contribution in [3.8, 4) is 0 Å². The number of nitrogens with two attached hydrogens (primary N) is 1. The van der Waals surface area contributed by atoms with Gasteiger partial charge in [0.25, 0.3) is 0 Å². The van der Waals surface area contributed by atoms with Gasteiger partial charge in [-0.05, 0) is 37.6 Å². The van der Waals surface area contributed by atoms with E-state index in [0.29, 0.717) is 18.0 Å². The number of aryl methyl sites for hydroxylation is 1. The van der Waals surface area contributed by atoms with Crippen LogP contribution in [0.3, 0.4) is 0 Å². The first-order valence-electron chi connectivity index (χ1n) is 4.56. The molecule has 1 aromatic carbocycles. The van der Waals surface area contributed by atoms with E-state index in [-0.39, 0.29) is 0 Å². The van der Waals surface area contributed by atoms with Crippen LogP contribution in [0.5, 0.6) is 0 Å². The summed E-state index contributed by atoms with van der Waals surface area (Å²) < 4.78 is 16.6. The van der Waals surface area contributed by atoms with Crippen LogP contribution in [0.2, 0.25) is 0 Å². The van der Waals surface area contributed by atoms with Crippen molar-refractivity contribution in [3.63, 3.8) is 0 Å². The van der Waals surface area contributed by atoms with Crippen molar-refractivity contribution in [3.05, 3.63) is 29.8 Å². The maximum Gasteiger partial charge on any atom is 0.189 e. The molecule has 0 amide bonds. The van der Waals surface area contributed by atoms with Gasteiger partial charge in [0.15, 0.2) is 11.1 Å². The highest BCUT2D eigenvalue weighted by molar-refractivity contribution is 7.80. The molecule has 0 saturated carbocycles. The third kappa shape index (κ3) is 3.57. The highest BCUT2D eigenvalue weighted by Crippen LogP contribution is 2.09. The molecule has 2 N–H and O–H groups in total. The highest BCUT2D eigenvalue weighted by Gasteiger charge is 2.03. The van der Waals surface area contributed by atoms with E-state index in [1.807, 2.05) is 25.1 Å². The molecule has 0 spiro atoms. The molecule has 0 bridgehead atoms. The van der Waals surface area contributed by atoms with Crippen molar-refractivity contribution in [2.45, 2.75) is 18.2 Å². The summed E-state index contributed by atoms with van der Waals surface area (Å²) >= 11 is -1.35. The molecule has 0 heterocycles. The predicted octanol–water partition coefficient (Wildman–Crippen LogP) is 1.38. The Labute approximate surface area is 86.9 Å². The molecule has 0 aliphatic rings. The average Bonchev–Trinajstić information content (AvgIpc) is 2.18. The molecule has 0 aromatic heterocycles. The second-order valence-electron chi connectivity index (χ2n) is 3.02. The van der Waals surface area contributed by atoms with Gasteiger partial charge in [0.05, 0.1) is 11.5 Å². The Hall–Kier alpha value is -0.710. The van der Waals surface area contributed by atoms with Crippen molar-refractivity contribution < 1.29 is 8.39 Å². The van der Waals surface area contributed by atoms with Crippen molar-refractivity contribution in [2.75, 3.05) is 13.2 Å². The SMILES string of the molecule is Cc1cccc(S(=O)OCCCN)c1. The molecule has 0 fully saturated rings. The molecule has 0 saturated heterocycles. The molecule has 4 heteroatoms. The average molecular weight is 213 g/mol. The van der Waals surface area contributed by atoms with E-state index in [9.17, 15) is 4.21 Å². The van der Waals surface area contributed by atoms with Gasteiger partial charge >= 0.3 is 0 Å². The number of rotatable bonds is 5. The summed E-state index contributed by atoms with van der Waals surface area (Å²) in [5.74, 6) is 0. The lowest BCUT2D eigenvalue weighted by atomic mass is 10.2. The van der Waals surface area contributed by atoms with Gasteiger partial charge < -0.3 is 5.73 Å². The monoisotopic (exact) mass is 213 g/mol. The van der Waals surface area contributed by atoms with Crippen LogP contribution < -0.4 is 5.73 Å². The normalized spacial score (nSPS) is 12.7. The first-order valence-corrected chi connectivity index (χ1v) is 5.63. The largest absolute Gasteiger partial charge is 0.330 e. The maximum atomic E-state index is 11.5. The first-order chi connectivity index (χ1) is 6.74. The summed E-state index contributed by atoms with van der Waals surface area (Å²) in [4.78, 5) is 0.710. The van der Waals surface area contributed by atoms with E-state index in [0.717, 1.165) is 12.0 Å². The lowest BCUT2D eigenvalue weighted by molar-refractivity contribution is 0.342. The fourth-order valence-electron chi connectivity index (χ4n) is 1.01. The topological polar surface area (TPSA) is 52.3 Å². The molecule has 14 heavy (non-hydrogen) atoms. The molecule has 3 nitrogen and oxygen atoms in total. The van der Waals surface area contributed by atoms with E-state index in [4.69, 9.17) is 9.92 Å². The second kappa shape index (κ2) is 5.90. The third-order valence-corrected chi connectivity index (χ3v) is 2.74. The lowest BCUT2D eigenvalue weighted by Gasteiger charge is -2.03. The van der Waals surface area contributed by atoms with E-state index >= 15 is 0 Å². The first kappa shape index (κ1) is 11.4. The van der Waals surface area contributed by atoms with Crippen LogP contribution >= 0.6 is 0 Å². The molecule has 1 aromatic rings. The fraction of sp³-hybridized carbons (Fsp3) is 0.400. The van der Waals surface area contributed by atoms with Crippen LogP contribution in [0.1, 0.15) is 12.0 Å². The molecule has 78 valence electrons. The standard InChI is InChI=1S/C10H15NO2S/c1-9-4-2-5-10(8-9)14(12)13-7-3-6-11/h2,4-5,8H,3,6-7,11H2,1H3. The Bertz CT molecular complexity index is 315. The maximum absolute atomic E-state index is 11.5. The van der Waals surface area contributed by atoms with E-state index < -0.39 is 11.1 Å². The van der Waals surface area contributed by atoms with Crippen LogP contribution in [0.4, 0.5) is 0 Å². The van der Waals surface area contributed by atoms with E-state index in [2.05, 4.69) is 0 Å². The molecule has 0 aliphatic carbocycles. The Balaban J connectivity index is 2.52. The minimum atomic E-state index is -1.35. The lowest BCUT2D eigenvalue weighted by Crippen LogP contribution is -2.06. The van der Waals surface area contributed by atoms with Gasteiger partial charge in [-0.25, -0.2) is 4.21 Å². The van der Waals surface area contributed by atoms with Gasteiger partial charge in [0.1, 0.15) is 0 Å². The zero-order valence-electron chi connectivity index (χ0n) is 8.23. The highest BCUT2D eigenvalue weighted by atomic mass is 32.2. The number of hydrogen-bond donors (Lipinski definition) is 1. The zero-order chi connectivity index (χ0) is 10.4. The van der Waals surface area contributed by atoms with Crippen molar-refractivity contribution in [1.82, 2.24) is 0 Å². The van der Waals surface area contributed by atoms with Gasteiger partial charge in [-0.2, -0.15) is 0 Å². The second-order valence-corrected chi connectivity index (χ2v) is 4.19. The van der Waals surface area contributed by atoms with Crippen LogP contribution in [0.25, 0.3) is 0 Å². The number of hydrogen-bond acceptors (Lipinski definition) is 3. The van der Waals surface area contributed by atoms with Crippen molar-refractivity contribution in [1.29, 1.82) is 0 Å². The smallest absolute Gasteiger partial charge is 0.189 e. The van der Waals surface area contributed by atoms with Crippen LogP contribution in [-0.2, 0) is 15.3 Å². The molecular weight excluding hydrogens is 198 g/mol. The minimum absolute atomic E-state index is 0.442. The minimum Gasteiger partial charge on any atom is -0.330 e. The van der Waals surface area contributed by atoms with Crippen LogP contribution in [-0.4, -0.2) is 17.4 Å². The molecule has 1 unspecified atom stereocenters. The van der Waals surface area contributed by atoms with E-state index in [1.54, 1.807) is 6.07 Å². The van der Waals surface area contributed by atoms with E-state index in [1.165, 1.54) is 0 Å². The predicted molar refractivity (Wildman–Crippen MR) is 57.2 cm³/mol. The summed E-state index contributed by atoms with van der Waals surface area (Å²) in [5, 5.41) is 0. The Morgan fingerprint density at radius 2 is 2.29 bits per heavy atom. The van der Waals surface area contributed by atoms with Crippen molar-refractivity contribution in [2.24, 2.45) is 5.73 Å². The summed E-state index contributed by atoms with van der Waals surface area (Å²) in [7, 11) is 0. The van der Waals surface area contributed by atoms with Gasteiger partial charge in [-0.15, -0.1) is 0 Å². The van der Waals surface area contributed by atoms with Gasteiger partial charge in [-0.1, -0.05) is 12.1 Å². The van der Waals surface area contributed by atoms with Gasteiger partial charge in [0.2, 0.25) is 0 Å².